The quantitative estimate of drug-likeness (QED) is 0.765. The van der Waals surface area contributed by atoms with E-state index >= 15 is 0 Å². The second kappa shape index (κ2) is 4.21. The molecule has 0 amide bonds. The standard InChI is InChI=1S/C12H8ClN3/c13-10-2-1-5-16-12(10)8-3-4-9(7-14)11(15)6-8/h1-6H,15H2. The van der Waals surface area contributed by atoms with Gasteiger partial charge in [0.1, 0.15) is 6.07 Å². The number of hydrogen-bond acceptors (Lipinski definition) is 3. The van der Waals surface area contributed by atoms with Gasteiger partial charge in [0.25, 0.3) is 0 Å². The average Bonchev–Trinajstić information content (AvgIpc) is 2.29. The molecule has 0 saturated carbocycles. The van der Waals surface area contributed by atoms with Gasteiger partial charge < -0.3 is 5.73 Å². The molecule has 0 unspecified atom stereocenters. The summed E-state index contributed by atoms with van der Waals surface area (Å²) in [6, 6.07) is 10.7. The van der Waals surface area contributed by atoms with Crippen LogP contribution in [0.5, 0.6) is 0 Å². The second-order valence-electron chi connectivity index (χ2n) is 3.25. The maximum absolute atomic E-state index is 8.76. The second-order valence-corrected chi connectivity index (χ2v) is 3.65. The lowest BCUT2D eigenvalue weighted by atomic mass is 10.1. The topological polar surface area (TPSA) is 62.7 Å². The summed E-state index contributed by atoms with van der Waals surface area (Å²) in [5.41, 5.74) is 8.09. The largest absolute Gasteiger partial charge is 0.398 e. The smallest absolute Gasteiger partial charge is 0.101 e. The summed E-state index contributed by atoms with van der Waals surface area (Å²) in [6.45, 7) is 0. The molecule has 0 atom stereocenters. The van der Waals surface area contributed by atoms with Gasteiger partial charge in [0, 0.05) is 11.8 Å². The Morgan fingerprint density at radius 2 is 2.12 bits per heavy atom. The summed E-state index contributed by atoms with van der Waals surface area (Å²) in [4.78, 5) is 4.17. The molecule has 0 aliphatic heterocycles. The van der Waals surface area contributed by atoms with E-state index in [9.17, 15) is 0 Å². The van der Waals surface area contributed by atoms with Crippen molar-refractivity contribution in [2.24, 2.45) is 0 Å². The number of anilines is 1. The van der Waals surface area contributed by atoms with Crippen molar-refractivity contribution in [1.29, 1.82) is 5.26 Å². The van der Waals surface area contributed by atoms with Crippen LogP contribution in [0.4, 0.5) is 5.69 Å². The molecular formula is C12H8ClN3. The Morgan fingerprint density at radius 1 is 1.31 bits per heavy atom. The number of rotatable bonds is 1. The molecule has 78 valence electrons. The lowest BCUT2D eigenvalue weighted by molar-refractivity contribution is 1.32. The highest BCUT2D eigenvalue weighted by molar-refractivity contribution is 6.33. The zero-order chi connectivity index (χ0) is 11.5. The van der Waals surface area contributed by atoms with Gasteiger partial charge in [0.2, 0.25) is 0 Å². The monoisotopic (exact) mass is 229 g/mol. The lowest BCUT2D eigenvalue weighted by Gasteiger charge is -2.04. The third-order valence-corrected chi connectivity index (χ3v) is 2.51. The Bertz CT molecular complexity index is 573. The first-order chi connectivity index (χ1) is 7.72. The number of benzene rings is 1. The van der Waals surface area contributed by atoms with Crippen LogP contribution in [0.2, 0.25) is 5.02 Å². The molecule has 2 aromatic rings. The van der Waals surface area contributed by atoms with E-state index < -0.39 is 0 Å². The van der Waals surface area contributed by atoms with Crippen molar-refractivity contribution in [3.8, 4) is 17.3 Å². The van der Waals surface area contributed by atoms with Crippen LogP contribution in [0.1, 0.15) is 5.56 Å². The Balaban J connectivity index is 2.55. The van der Waals surface area contributed by atoms with Gasteiger partial charge in [0.15, 0.2) is 0 Å². The maximum atomic E-state index is 8.76. The summed E-state index contributed by atoms with van der Waals surface area (Å²) in [5.74, 6) is 0. The molecule has 1 aromatic heterocycles. The van der Waals surface area contributed by atoms with Gasteiger partial charge in [-0.3, -0.25) is 4.98 Å². The normalized spacial score (nSPS) is 9.75. The van der Waals surface area contributed by atoms with E-state index in [0.717, 1.165) is 5.56 Å². The summed E-state index contributed by atoms with van der Waals surface area (Å²) < 4.78 is 0. The van der Waals surface area contributed by atoms with Crippen molar-refractivity contribution in [2.45, 2.75) is 0 Å². The van der Waals surface area contributed by atoms with Crippen LogP contribution in [-0.4, -0.2) is 4.98 Å². The number of hydrogen-bond donors (Lipinski definition) is 1. The fourth-order valence-corrected chi connectivity index (χ4v) is 1.64. The zero-order valence-electron chi connectivity index (χ0n) is 8.31. The molecule has 1 heterocycles. The molecule has 16 heavy (non-hydrogen) atoms. The van der Waals surface area contributed by atoms with Crippen LogP contribution < -0.4 is 5.73 Å². The van der Waals surface area contributed by atoms with Gasteiger partial charge >= 0.3 is 0 Å². The molecule has 3 nitrogen and oxygen atoms in total. The number of nitrogens with two attached hydrogens (primary N) is 1. The first-order valence-corrected chi connectivity index (χ1v) is 5.00. The van der Waals surface area contributed by atoms with Gasteiger partial charge in [-0.15, -0.1) is 0 Å². The molecule has 0 bridgehead atoms. The number of halogens is 1. The fraction of sp³-hybridized carbons (Fsp3) is 0. The number of pyridine rings is 1. The predicted molar refractivity (Wildman–Crippen MR) is 63.8 cm³/mol. The van der Waals surface area contributed by atoms with Crippen molar-refractivity contribution in [3.63, 3.8) is 0 Å². The SMILES string of the molecule is N#Cc1ccc(-c2ncccc2Cl)cc1N. The highest BCUT2D eigenvalue weighted by Gasteiger charge is 2.06. The van der Waals surface area contributed by atoms with Crippen LogP contribution in [0.3, 0.4) is 0 Å². The summed E-state index contributed by atoms with van der Waals surface area (Å²) in [7, 11) is 0. The van der Waals surface area contributed by atoms with E-state index in [2.05, 4.69) is 4.98 Å². The van der Waals surface area contributed by atoms with E-state index in [-0.39, 0.29) is 0 Å². The van der Waals surface area contributed by atoms with Gasteiger partial charge in [0.05, 0.1) is 22.0 Å². The number of nitrogens with zero attached hydrogens (tertiary/aromatic N) is 2. The Hall–Kier alpha value is -2.05. The van der Waals surface area contributed by atoms with Crippen LogP contribution in [-0.2, 0) is 0 Å². The third kappa shape index (κ3) is 1.83. The predicted octanol–water partition coefficient (Wildman–Crippen LogP) is 2.86. The van der Waals surface area contributed by atoms with Gasteiger partial charge in [-0.05, 0) is 24.3 Å². The van der Waals surface area contributed by atoms with E-state index in [0.29, 0.717) is 22.0 Å². The number of nitrogen functional groups attached to an aromatic ring is 1. The summed E-state index contributed by atoms with van der Waals surface area (Å²) >= 11 is 6.02. The van der Waals surface area contributed by atoms with Crippen LogP contribution >= 0.6 is 11.6 Å². The summed E-state index contributed by atoms with van der Waals surface area (Å²) in [5, 5.41) is 9.32. The van der Waals surface area contributed by atoms with Crippen molar-refractivity contribution in [1.82, 2.24) is 4.98 Å². The Kier molecular flexibility index (Phi) is 2.76. The van der Waals surface area contributed by atoms with E-state index in [1.807, 2.05) is 6.07 Å². The zero-order valence-corrected chi connectivity index (χ0v) is 9.07. The highest BCUT2D eigenvalue weighted by atomic mass is 35.5. The number of nitriles is 1. The van der Waals surface area contributed by atoms with Gasteiger partial charge in [-0.1, -0.05) is 17.7 Å². The highest BCUT2D eigenvalue weighted by Crippen LogP contribution is 2.27. The molecule has 4 heteroatoms. The number of aromatic nitrogens is 1. The molecular weight excluding hydrogens is 222 g/mol. The molecule has 0 spiro atoms. The minimum Gasteiger partial charge on any atom is -0.398 e. The maximum Gasteiger partial charge on any atom is 0.101 e. The van der Waals surface area contributed by atoms with Gasteiger partial charge in [-0.25, -0.2) is 0 Å². The minimum atomic E-state index is 0.432. The molecule has 0 saturated heterocycles. The van der Waals surface area contributed by atoms with Crippen LogP contribution in [0.25, 0.3) is 11.3 Å². The van der Waals surface area contributed by atoms with Gasteiger partial charge in [-0.2, -0.15) is 5.26 Å². The van der Waals surface area contributed by atoms with Crippen molar-refractivity contribution in [3.05, 3.63) is 47.1 Å². The van der Waals surface area contributed by atoms with Crippen molar-refractivity contribution >= 4 is 17.3 Å². The Morgan fingerprint density at radius 3 is 2.75 bits per heavy atom. The van der Waals surface area contributed by atoms with E-state index in [1.54, 1.807) is 36.5 Å². The van der Waals surface area contributed by atoms with Crippen LogP contribution in [0.15, 0.2) is 36.5 Å². The molecule has 0 aliphatic rings. The molecule has 0 aliphatic carbocycles. The summed E-state index contributed by atoms with van der Waals surface area (Å²) in [6.07, 6.45) is 1.66. The first-order valence-electron chi connectivity index (χ1n) is 4.63. The lowest BCUT2D eigenvalue weighted by Crippen LogP contribution is -1.92. The molecule has 2 rings (SSSR count). The molecule has 0 radical (unpaired) electrons. The molecule has 2 N–H and O–H groups in total. The van der Waals surface area contributed by atoms with Crippen LogP contribution in [0, 0.1) is 11.3 Å². The van der Waals surface area contributed by atoms with Crippen molar-refractivity contribution in [2.75, 3.05) is 5.73 Å². The fourth-order valence-electron chi connectivity index (χ4n) is 1.41. The Labute approximate surface area is 98.1 Å². The van der Waals surface area contributed by atoms with E-state index in [1.165, 1.54) is 0 Å². The van der Waals surface area contributed by atoms with Crippen molar-refractivity contribution < 1.29 is 0 Å². The first kappa shape index (κ1) is 10.5. The van der Waals surface area contributed by atoms with E-state index in [4.69, 9.17) is 22.6 Å². The third-order valence-electron chi connectivity index (χ3n) is 2.20. The molecule has 0 fully saturated rings. The minimum absolute atomic E-state index is 0.432. The average molecular weight is 230 g/mol. The molecule has 1 aromatic carbocycles.